The molecule has 1 aromatic heterocycles. The Kier molecular flexibility index (Phi) is 2.27. The lowest BCUT2D eigenvalue weighted by molar-refractivity contribution is 0.262. The Balaban J connectivity index is 1.97. The maximum Gasteiger partial charge on any atom is 0.0432 e. The highest BCUT2D eigenvalue weighted by Gasteiger charge is 2.35. The van der Waals surface area contributed by atoms with Gasteiger partial charge in [0, 0.05) is 30.5 Å². The molecule has 2 atom stereocenters. The van der Waals surface area contributed by atoms with Crippen LogP contribution in [-0.2, 0) is 0 Å². The summed E-state index contributed by atoms with van der Waals surface area (Å²) in [6, 6.07) is 2.59. The lowest BCUT2D eigenvalue weighted by Crippen LogP contribution is -2.54. The van der Waals surface area contributed by atoms with Crippen molar-refractivity contribution in [2.75, 3.05) is 6.54 Å². The Hall–Kier alpha value is -1.59. The molecule has 2 heteroatoms. The van der Waals surface area contributed by atoms with Gasteiger partial charge in [0.05, 0.1) is 0 Å². The van der Waals surface area contributed by atoms with Gasteiger partial charge in [-0.15, -0.1) is 6.42 Å². The number of hydrogen-bond acceptors (Lipinski definition) is 2. The van der Waals surface area contributed by atoms with E-state index in [1.54, 1.807) is 6.20 Å². The highest BCUT2D eigenvalue weighted by atomic mass is 15.0. The minimum atomic E-state index is 0.531. The molecule has 80 valence electrons. The number of pyridine rings is 1. The molecule has 0 aromatic carbocycles. The number of hydrogen-bond donors (Lipinski definition) is 1. The molecular formula is C14H14N2. The molecule has 2 aliphatic rings. The van der Waals surface area contributed by atoms with Crippen LogP contribution in [0.1, 0.15) is 24.0 Å². The Morgan fingerprint density at radius 3 is 3.12 bits per heavy atom. The van der Waals surface area contributed by atoms with Crippen LogP contribution in [0.4, 0.5) is 0 Å². The topological polar surface area (TPSA) is 24.9 Å². The van der Waals surface area contributed by atoms with E-state index < -0.39 is 0 Å². The van der Waals surface area contributed by atoms with E-state index in [0.717, 1.165) is 18.0 Å². The molecule has 1 saturated heterocycles. The average Bonchev–Trinajstić information content (AvgIpc) is 2.30. The van der Waals surface area contributed by atoms with Crippen molar-refractivity contribution in [1.29, 1.82) is 0 Å². The molecule has 1 fully saturated rings. The SMILES string of the molecule is C#Cc1cncc(C2=CCC[C@@H]3CN[C@H]23)c1. The Morgan fingerprint density at radius 1 is 1.44 bits per heavy atom. The Labute approximate surface area is 95.8 Å². The fourth-order valence-corrected chi connectivity index (χ4v) is 2.59. The second-order valence-electron chi connectivity index (χ2n) is 4.49. The number of fused-ring (bicyclic) bond motifs is 1. The minimum absolute atomic E-state index is 0.531. The van der Waals surface area contributed by atoms with Gasteiger partial charge in [-0.25, -0.2) is 0 Å². The maximum absolute atomic E-state index is 5.40. The molecule has 2 nitrogen and oxygen atoms in total. The summed E-state index contributed by atoms with van der Waals surface area (Å²) in [5, 5.41) is 3.49. The quantitative estimate of drug-likeness (QED) is 0.715. The normalized spacial score (nSPS) is 27.3. The average molecular weight is 210 g/mol. The van der Waals surface area contributed by atoms with Gasteiger partial charge in [-0.05, 0) is 36.0 Å². The zero-order valence-corrected chi connectivity index (χ0v) is 9.11. The molecule has 1 aromatic rings. The summed E-state index contributed by atoms with van der Waals surface area (Å²) >= 11 is 0. The summed E-state index contributed by atoms with van der Waals surface area (Å²) in [6.45, 7) is 1.16. The van der Waals surface area contributed by atoms with E-state index in [-0.39, 0.29) is 0 Å². The van der Waals surface area contributed by atoms with Crippen LogP contribution >= 0.6 is 0 Å². The van der Waals surface area contributed by atoms with Crippen LogP contribution in [0.2, 0.25) is 0 Å². The molecule has 0 amide bonds. The molecule has 16 heavy (non-hydrogen) atoms. The third-order valence-electron chi connectivity index (χ3n) is 3.55. The van der Waals surface area contributed by atoms with E-state index in [2.05, 4.69) is 28.4 Å². The smallest absolute Gasteiger partial charge is 0.0432 e. The number of nitrogens with one attached hydrogen (secondary N) is 1. The molecular weight excluding hydrogens is 196 g/mol. The first-order chi connectivity index (χ1) is 7.88. The zero-order chi connectivity index (χ0) is 11.0. The third-order valence-corrected chi connectivity index (χ3v) is 3.55. The van der Waals surface area contributed by atoms with Gasteiger partial charge in [-0.1, -0.05) is 12.0 Å². The maximum atomic E-state index is 5.40. The summed E-state index contributed by atoms with van der Waals surface area (Å²) in [5.41, 5.74) is 3.42. The van der Waals surface area contributed by atoms with Crippen LogP contribution in [-0.4, -0.2) is 17.6 Å². The Morgan fingerprint density at radius 2 is 2.38 bits per heavy atom. The van der Waals surface area contributed by atoms with Gasteiger partial charge in [0.25, 0.3) is 0 Å². The van der Waals surface area contributed by atoms with E-state index in [4.69, 9.17) is 6.42 Å². The van der Waals surface area contributed by atoms with Crippen molar-refractivity contribution in [3.8, 4) is 12.3 Å². The standard InChI is InChI=1S/C14H14N2/c1-2-10-6-12(8-15-7-10)13-5-3-4-11-9-16-14(11)13/h1,5-8,11,14,16H,3-4,9H2/t11-,14+/m1/s1. The number of terminal acetylenes is 1. The van der Waals surface area contributed by atoms with Gasteiger partial charge in [-0.2, -0.15) is 0 Å². The fraction of sp³-hybridized carbons (Fsp3) is 0.357. The van der Waals surface area contributed by atoms with Gasteiger partial charge >= 0.3 is 0 Å². The van der Waals surface area contributed by atoms with E-state index in [9.17, 15) is 0 Å². The first-order valence-electron chi connectivity index (χ1n) is 5.74. The van der Waals surface area contributed by atoms with Gasteiger partial charge in [0.2, 0.25) is 0 Å². The summed E-state index contributed by atoms with van der Waals surface area (Å²) in [6.07, 6.45) is 13.9. The highest BCUT2D eigenvalue weighted by Crippen LogP contribution is 2.35. The minimum Gasteiger partial charge on any atom is -0.309 e. The van der Waals surface area contributed by atoms with Gasteiger partial charge < -0.3 is 5.32 Å². The molecule has 0 bridgehead atoms. The first kappa shape index (κ1) is 9.62. The van der Waals surface area contributed by atoms with Crippen LogP contribution in [0.3, 0.4) is 0 Å². The largest absolute Gasteiger partial charge is 0.309 e. The van der Waals surface area contributed by atoms with Crippen LogP contribution in [0.5, 0.6) is 0 Å². The van der Waals surface area contributed by atoms with Gasteiger partial charge in [0.15, 0.2) is 0 Å². The number of allylic oxidation sites excluding steroid dienone is 1. The van der Waals surface area contributed by atoms with Crippen molar-refractivity contribution < 1.29 is 0 Å². The highest BCUT2D eigenvalue weighted by molar-refractivity contribution is 5.72. The number of rotatable bonds is 1. The Bertz CT molecular complexity index is 482. The van der Waals surface area contributed by atoms with Crippen molar-refractivity contribution in [2.45, 2.75) is 18.9 Å². The zero-order valence-electron chi connectivity index (χ0n) is 9.11. The van der Waals surface area contributed by atoms with Crippen LogP contribution in [0, 0.1) is 18.3 Å². The number of nitrogens with zero attached hydrogens (tertiary/aromatic N) is 1. The molecule has 0 saturated carbocycles. The van der Waals surface area contributed by atoms with Crippen LogP contribution < -0.4 is 5.32 Å². The summed E-state index contributed by atoms with van der Waals surface area (Å²) in [7, 11) is 0. The predicted molar refractivity (Wildman–Crippen MR) is 64.7 cm³/mol. The molecule has 0 spiro atoms. The van der Waals surface area contributed by atoms with Gasteiger partial charge in [-0.3, -0.25) is 4.98 Å². The molecule has 0 unspecified atom stereocenters. The lowest BCUT2D eigenvalue weighted by atomic mass is 9.76. The van der Waals surface area contributed by atoms with Gasteiger partial charge in [0.1, 0.15) is 0 Å². The van der Waals surface area contributed by atoms with Crippen molar-refractivity contribution >= 4 is 5.57 Å². The molecule has 2 heterocycles. The summed E-state index contributed by atoms with van der Waals surface area (Å²) < 4.78 is 0. The molecule has 1 aliphatic carbocycles. The van der Waals surface area contributed by atoms with Crippen molar-refractivity contribution in [2.24, 2.45) is 5.92 Å². The van der Waals surface area contributed by atoms with E-state index in [1.807, 2.05) is 6.20 Å². The van der Waals surface area contributed by atoms with E-state index >= 15 is 0 Å². The first-order valence-corrected chi connectivity index (χ1v) is 5.74. The predicted octanol–water partition coefficient (Wildman–Crippen LogP) is 1.83. The lowest BCUT2D eigenvalue weighted by Gasteiger charge is -2.42. The summed E-state index contributed by atoms with van der Waals surface area (Å²) in [4.78, 5) is 4.20. The third kappa shape index (κ3) is 1.45. The van der Waals surface area contributed by atoms with Crippen molar-refractivity contribution in [3.05, 3.63) is 35.7 Å². The molecule has 3 rings (SSSR count). The summed E-state index contributed by atoms with van der Waals surface area (Å²) in [5.74, 6) is 3.45. The second kappa shape index (κ2) is 3.77. The monoisotopic (exact) mass is 210 g/mol. The fourth-order valence-electron chi connectivity index (χ4n) is 2.59. The molecule has 0 radical (unpaired) electrons. The van der Waals surface area contributed by atoms with Crippen LogP contribution in [0.15, 0.2) is 24.5 Å². The van der Waals surface area contributed by atoms with Crippen molar-refractivity contribution in [3.63, 3.8) is 0 Å². The molecule has 1 aliphatic heterocycles. The van der Waals surface area contributed by atoms with Crippen LogP contribution in [0.25, 0.3) is 5.57 Å². The second-order valence-corrected chi connectivity index (χ2v) is 4.49. The van der Waals surface area contributed by atoms with Crippen molar-refractivity contribution in [1.82, 2.24) is 10.3 Å². The van der Waals surface area contributed by atoms with E-state index in [0.29, 0.717) is 6.04 Å². The number of aromatic nitrogens is 1. The van der Waals surface area contributed by atoms with E-state index in [1.165, 1.54) is 24.0 Å². The molecule has 1 N–H and O–H groups in total.